The average Bonchev–Trinajstić information content (AvgIpc) is 2.61. The number of benzene rings is 1. The van der Waals surface area contributed by atoms with Gasteiger partial charge in [-0.2, -0.15) is 0 Å². The molecule has 2 rings (SSSR count). The minimum absolute atomic E-state index is 0.346. The fourth-order valence-electron chi connectivity index (χ4n) is 2.31. The maximum absolute atomic E-state index is 11.5. The SMILES string of the molecule is COc1c(OCC=C(C)CC=CC(C)(C)OO)ccc2ccc(=O)oc12. The van der Waals surface area contributed by atoms with E-state index >= 15 is 0 Å². The lowest BCUT2D eigenvalue weighted by Gasteiger charge is -2.14. The smallest absolute Gasteiger partial charge is 0.336 e. The molecule has 6 heteroatoms. The highest BCUT2D eigenvalue weighted by atomic mass is 17.1. The molecule has 0 saturated heterocycles. The fourth-order valence-corrected chi connectivity index (χ4v) is 2.31. The Bertz CT molecular complexity index is 860. The van der Waals surface area contributed by atoms with Gasteiger partial charge in [0.1, 0.15) is 12.2 Å². The van der Waals surface area contributed by atoms with Crippen LogP contribution in [0.15, 0.2) is 57.3 Å². The molecule has 0 saturated carbocycles. The fraction of sp³-hybridized carbons (Fsp3) is 0.350. The number of allylic oxidation sites excluding steroid dienone is 2. The van der Waals surface area contributed by atoms with Gasteiger partial charge >= 0.3 is 5.63 Å². The zero-order chi connectivity index (χ0) is 19.2. The Kier molecular flexibility index (Phi) is 6.60. The quantitative estimate of drug-likeness (QED) is 0.326. The molecule has 6 nitrogen and oxygen atoms in total. The zero-order valence-electron chi connectivity index (χ0n) is 15.4. The number of rotatable bonds is 8. The lowest BCUT2D eigenvalue weighted by molar-refractivity contribution is -0.297. The van der Waals surface area contributed by atoms with Crippen molar-refractivity contribution in [2.45, 2.75) is 32.8 Å². The number of fused-ring (bicyclic) bond motifs is 1. The predicted octanol–water partition coefficient (Wildman–Crippen LogP) is 4.34. The Balaban J connectivity index is 2.06. The Morgan fingerprint density at radius 3 is 2.69 bits per heavy atom. The Morgan fingerprint density at radius 1 is 1.27 bits per heavy atom. The van der Waals surface area contributed by atoms with Gasteiger partial charge in [-0.1, -0.05) is 17.7 Å². The number of ether oxygens (including phenoxy) is 2. The third-order valence-electron chi connectivity index (χ3n) is 3.78. The second-order valence-electron chi connectivity index (χ2n) is 6.43. The van der Waals surface area contributed by atoms with Crippen LogP contribution in [0.25, 0.3) is 11.0 Å². The van der Waals surface area contributed by atoms with Crippen LogP contribution in [0.3, 0.4) is 0 Å². The number of hydrogen-bond donors (Lipinski definition) is 1. The Hall–Kier alpha value is -2.57. The first-order valence-corrected chi connectivity index (χ1v) is 8.26. The van der Waals surface area contributed by atoms with Crippen LogP contribution in [-0.2, 0) is 4.89 Å². The molecular weight excluding hydrogens is 336 g/mol. The molecule has 0 amide bonds. The van der Waals surface area contributed by atoms with Crippen LogP contribution >= 0.6 is 0 Å². The normalized spacial score (nSPS) is 12.7. The summed E-state index contributed by atoms with van der Waals surface area (Å²) in [6.45, 7) is 5.85. The first kappa shape index (κ1) is 19.8. The molecule has 0 bridgehead atoms. The summed E-state index contributed by atoms with van der Waals surface area (Å²) in [6, 6.07) is 6.64. The van der Waals surface area contributed by atoms with Crippen molar-refractivity contribution in [3.05, 3.63) is 58.5 Å². The minimum atomic E-state index is -0.709. The summed E-state index contributed by atoms with van der Waals surface area (Å²) in [5.41, 5.74) is 0.318. The molecule has 0 aliphatic heterocycles. The first-order valence-electron chi connectivity index (χ1n) is 8.26. The average molecular weight is 360 g/mol. The minimum Gasteiger partial charge on any atom is -0.490 e. The summed E-state index contributed by atoms with van der Waals surface area (Å²) in [4.78, 5) is 15.8. The van der Waals surface area contributed by atoms with E-state index in [9.17, 15) is 4.79 Å². The van der Waals surface area contributed by atoms with E-state index < -0.39 is 11.2 Å². The van der Waals surface area contributed by atoms with Gasteiger partial charge in [-0.05, 0) is 51.5 Å². The molecule has 1 N–H and O–H groups in total. The van der Waals surface area contributed by atoms with E-state index in [2.05, 4.69) is 4.89 Å². The summed E-state index contributed by atoms with van der Waals surface area (Å²) in [6.07, 6.45) is 6.37. The molecule has 26 heavy (non-hydrogen) atoms. The molecule has 2 aromatic rings. The molecule has 140 valence electrons. The highest BCUT2D eigenvalue weighted by molar-refractivity contribution is 5.85. The Morgan fingerprint density at radius 2 is 2.00 bits per heavy atom. The van der Waals surface area contributed by atoms with Crippen LogP contribution in [-0.4, -0.2) is 24.6 Å². The van der Waals surface area contributed by atoms with Crippen molar-refractivity contribution >= 4 is 11.0 Å². The molecule has 0 radical (unpaired) electrons. The topological polar surface area (TPSA) is 78.1 Å². The van der Waals surface area contributed by atoms with Crippen LogP contribution in [0.5, 0.6) is 11.5 Å². The number of hydrogen-bond acceptors (Lipinski definition) is 6. The van der Waals surface area contributed by atoms with E-state index in [-0.39, 0.29) is 0 Å². The molecule has 1 aromatic heterocycles. The lowest BCUT2D eigenvalue weighted by atomic mass is 10.1. The van der Waals surface area contributed by atoms with E-state index in [0.29, 0.717) is 30.1 Å². The molecule has 1 aromatic carbocycles. The van der Waals surface area contributed by atoms with Crippen molar-refractivity contribution in [1.29, 1.82) is 0 Å². The van der Waals surface area contributed by atoms with Gasteiger partial charge in [-0.15, -0.1) is 0 Å². The molecule has 0 unspecified atom stereocenters. The van der Waals surface area contributed by atoms with Crippen LogP contribution in [0.4, 0.5) is 0 Å². The van der Waals surface area contributed by atoms with E-state index in [1.807, 2.05) is 25.1 Å². The van der Waals surface area contributed by atoms with E-state index in [1.165, 1.54) is 13.2 Å². The maximum Gasteiger partial charge on any atom is 0.336 e. The van der Waals surface area contributed by atoms with Crippen molar-refractivity contribution in [3.63, 3.8) is 0 Å². The van der Waals surface area contributed by atoms with Gasteiger partial charge in [-0.25, -0.2) is 9.68 Å². The summed E-state index contributed by atoms with van der Waals surface area (Å²) < 4.78 is 16.4. The molecule has 0 atom stereocenters. The largest absolute Gasteiger partial charge is 0.490 e. The van der Waals surface area contributed by atoms with Crippen LogP contribution in [0.2, 0.25) is 0 Å². The van der Waals surface area contributed by atoms with Crippen LogP contribution in [0.1, 0.15) is 27.2 Å². The molecular formula is C20H24O6. The van der Waals surface area contributed by atoms with E-state index in [0.717, 1.165) is 11.0 Å². The standard InChI is InChI=1S/C20H24O6/c1-14(6-5-12-20(2,3)26-22)11-13-24-16-9-7-15-8-10-17(21)25-18(15)19(16)23-4/h5,7-12,22H,6,13H2,1-4H3. The first-order chi connectivity index (χ1) is 12.4. The van der Waals surface area contributed by atoms with Gasteiger partial charge in [-0.3, -0.25) is 5.26 Å². The third-order valence-corrected chi connectivity index (χ3v) is 3.78. The van der Waals surface area contributed by atoms with Gasteiger partial charge < -0.3 is 13.9 Å². The summed E-state index contributed by atoms with van der Waals surface area (Å²) in [7, 11) is 1.51. The highest BCUT2D eigenvalue weighted by Crippen LogP contribution is 2.34. The molecule has 0 aliphatic rings. The van der Waals surface area contributed by atoms with Crippen molar-refractivity contribution in [1.82, 2.24) is 0 Å². The summed E-state index contributed by atoms with van der Waals surface area (Å²) in [5, 5.41) is 9.51. The van der Waals surface area contributed by atoms with Crippen molar-refractivity contribution < 1.29 is 24.0 Å². The van der Waals surface area contributed by atoms with E-state index in [4.69, 9.17) is 19.1 Å². The van der Waals surface area contributed by atoms with E-state index in [1.54, 1.807) is 32.1 Å². The van der Waals surface area contributed by atoms with Crippen molar-refractivity contribution in [2.75, 3.05) is 13.7 Å². The monoisotopic (exact) mass is 360 g/mol. The number of methoxy groups -OCH3 is 1. The molecule has 0 fully saturated rings. The molecule has 0 spiro atoms. The van der Waals surface area contributed by atoms with Gasteiger partial charge in [0.2, 0.25) is 5.75 Å². The lowest BCUT2D eigenvalue weighted by Crippen LogP contribution is -2.18. The van der Waals surface area contributed by atoms with Gasteiger partial charge in [0.15, 0.2) is 11.3 Å². The van der Waals surface area contributed by atoms with Crippen LogP contribution in [0, 0.1) is 0 Å². The van der Waals surface area contributed by atoms with Gasteiger partial charge in [0.25, 0.3) is 0 Å². The van der Waals surface area contributed by atoms with Crippen molar-refractivity contribution in [3.8, 4) is 11.5 Å². The maximum atomic E-state index is 11.5. The van der Waals surface area contributed by atoms with Crippen molar-refractivity contribution in [2.24, 2.45) is 0 Å². The summed E-state index contributed by atoms with van der Waals surface area (Å²) in [5.74, 6) is 0.900. The second-order valence-corrected chi connectivity index (χ2v) is 6.43. The van der Waals surface area contributed by atoms with Gasteiger partial charge in [0.05, 0.1) is 7.11 Å². The third kappa shape index (κ3) is 5.21. The zero-order valence-corrected chi connectivity index (χ0v) is 15.4. The molecule has 1 heterocycles. The Labute approximate surface area is 152 Å². The van der Waals surface area contributed by atoms with Gasteiger partial charge in [0, 0.05) is 11.5 Å². The second kappa shape index (κ2) is 8.69. The predicted molar refractivity (Wildman–Crippen MR) is 99.8 cm³/mol. The summed E-state index contributed by atoms with van der Waals surface area (Å²) >= 11 is 0. The highest BCUT2D eigenvalue weighted by Gasteiger charge is 2.13. The molecule has 0 aliphatic carbocycles. The van der Waals surface area contributed by atoms with Crippen LogP contribution < -0.4 is 15.1 Å².